The lowest BCUT2D eigenvalue weighted by molar-refractivity contribution is -0.402. The first kappa shape index (κ1) is 21.8. The molecule has 4 aromatic rings. The maximum absolute atomic E-state index is 13.6. The third kappa shape index (κ3) is 4.60. The summed E-state index contributed by atoms with van der Waals surface area (Å²) in [7, 11) is 1.24. The number of aromatic nitrogens is 1. The van der Waals surface area contributed by atoms with Crippen molar-refractivity contribution in [3.8, 4) is 0 Å². The number of esters is 1. The number of benzene rings is 2. The molecule has 0 N–H and O–H groups in total. The Kier molecular flexibility index (Phi) is 5.91. The van der Waals surface area contributed by atoms with Gasteiger partial charge in [-0.1, -0.05) is 11.3 Å². The molecule has 0 saturated carbocycles. The number of amides is 1. The van der Waals surface area contributed by atoms with E-state index in [2.05, 4.69) is 14.8 Å². The first-order valence-electron chi connectivity index (χ1n) is 9.23. The van der Waals surface area contributed by atoms with Gasteiger partial charge in [0.2, 0.25) is 5.13 Å². The summed E-state index contributed by atoms with van der Waals surface area (Å²) < 4.78 is 23.8. The molecule has 0 aliphatic heterocycles. The van der Waals surface area contributed by atoms with Crippen LogP contribution in [0, 0.1) is 15.9 Å². The Morgan fingerprint density at radius 3 is 2.58 bits per heavy atom. The number of fused-ring (bicyclic) bond motifs is 1. The second-order valence-electron chi connectivity index (χ2n) is 6.47. The van der Waals surface area contributed by atoms with E-state index in [1.54, 1.807) is 0 Å². The third-order valence-electron chi connectivity index (χ3n) is 4.36. The Bertz CT molecular complexity index is 1400. The van der Waals surface area contributed by atoms with Crippen molar-refractivity contribution < 1.29 is 28.1 Å². The smallest absolute Gasteiger partial charge is 0.433 e. The SMILES string of the molecule is COC(=O)c1ccc(C(=O)N(/N=C/c2ccc([N+](=O)[O-])o2)c2nc3ccc(F)cc3s2)cc1. The molecule has 0 fully saturated rings. The van der Waals surface area contributed by atoms with Crippen molar-refractivity contribution in [1.82, 2.24) is 4.98 Å². The second-order valence-corrected chi connectivity index (χ2v) is 7.48. The highest BCUT2D eigenvalue weighted by Crippen LogP contribution is 2.30. The summed E-state index contributed by atoms with van der Waals surface area (Å²) in [6, 6.07) is 12.2. The Morgan fingerprint density at radius 1 is 1.18 bits per heavy atom. The van der Waals surface area contributed by atoms with Gasteiger partial charge < -0.3 is 9.15 Å². The summed E-state index contributed by atoms with van der Waals surface area (Å²) in [5.74, 6) is -2.07. The minimum atomic E-state index is -0.703. The van der Waals surface area contributed by atoms with Crippen molar-refractivity contribution in [2.24, 2.45) is 5.10 Å². The maximum Gasteiger partial charge on any atom is 0.433 e. The Morgan fingerprint density at radius 2 is 1.91 bits per heavy atom. The fourth-order valence-corrected chi connectivity index (χ4v) is 3.73. The quantitative estimate of drug-likeness (QED) is 0.177. The van der Waals surface area contributed by atoms with Crippen LogP contribution in [-0.4, -0.2) is 35.1 Å². The van der Waals surface area contributed by atoms with E-state index in [-0.39, 0.29) is 22.0 Å². The summed E-state index contributed by atoms with van der Waals surface area (Å²) in [5.41, 5.74) is 0.886. The van der Waals surface area contributed by atoms with Gasteiger partial charge in [-0.3, -0.25) is 14.9 Å². The molecule has 1 amide bonds. The number of halogens is 1. The molecule has 12 heteroatoms. The van der Waals surface area contributed by atoms with Crippen LogP contribution in [0.3, 0.4) is 0 Å². The molecule has 166 valence electrons. The highest BCUT2D eigenvalue weighted by molar-refractivity contribution is 7.22. The molecule has 0 radical (unpaired) electrons. The minimum Gasteiger partial charge on any atom is -0.465 e. The van der Waals surface area contributed by atoms with Crippen LogP contribution in [0.15, 0.2) is 64.1 Å². The molecule has 0 spiro atoms. The number of anilines is 1. The van der Waals surface area contributed by atoms with Crippen LogP contribution >= 0.6 is 11.3 Å². The van der Waals surface area contributed by atoms with Gasteiger partial charge in [0.1, 0.15) is 10.7 Å². The first-order chi connectivity index (χ1) is 15.9. The van der Waals surface area contributed by atoms with Gasteiger partial charge in [0.15, 0.2) is 5.76 Å². The van der Waals surface area contributed by atoms with Crippen molar-refractivity contribution in [2.45, 2.75) is 0 Å². The zero-order chi connectivity index (χ0) is 23.5. The predicted octanol–water partition coefficient (Wildman–Crippen LogP) is 4.40. The van der Waals surface area contributed by atoms with Crippen molar-refractivity contribution >= 4 is 50.7 Å². The van der Waals surface area contributed by atoms with Gasteiger partial charge in [0.05, 0.1) is 35.2 Å². The summed E-state index contributed by atoms with van der Waals surface area (Å²) in [6.45, 7) is 0. The van der Waals surface area contributed by atoms with E-state index in [9.17, 15) is 24.1 Å². The standard InChI is InChI=1S/C21H13FN4O6S/c1-31-20(28)13-4-2-12(3-5-13)19(27)25(23-11-15-7-9-18(32-15)26(29)30)21-24-16-8-6-14(22)10-17(16)33-21/h2-11H,1H3/b23-11+. The summed E-state index contributed by atoms with van der Waals surface area (Å²) in [4.78, 5) is 39.3. The van der Waals surface area contributed by atoms with Crippen LogP contribution < -0.4 is 5.01 Å². The van der Waals surface area contributed by atoms with Crippen LogP contribution in [0.25, 0.3) is 10.2 Å². The van der Waals surface area contributed by atoms with Gasteiger partial charge in [-0.05, 0) is 48.5 Å². The van der Waals surface area contributed by atoms with Crippen LogP contribution in [0.2, 0.25) is 0 Å². The van der Waals surface area contributed by atoms with Crippen molar-refractivity contribution in [2.75, 3.05) is 12.1 Å². The zero-order valence-corrected chi connectivity index (χ0v) is 17.6. The topological polar surface area (TPSA) is 128 Å². The lowest BCUT2D eigenvalue weighted by Gasteiger charge is -2.13. The summed E-state index contributed by atoms with van der Waals surface area (Å²) in [6.07, 6.45) is 1.13. The van der Waals surface area contributed by atoms with E-state index in [0.717, 1.165) is 28.6 Å². The Hall–Kier alpha value is -4.45. The number of thiazole rings is 1. The molecule has 0 bridgehead atoms. The molecule has 2 aromatic heterocycles. The van der Waals surface area contributed by atoms with Crippen LogP contribution in [-0.2, 0) is 4.74 Å². The van der Waals surface area contributed by atoms with Gasteiger partial charge >= 0.3 is 11.9 Å². The molecule has 0 unspecified atom stereocenters. The van der Waals surface area contributed by atoms with Crippen LogP contribution in [0.1, 0.15) is 26.5 Å². The van der Waals surface area contributed by atoms with Gasteiger partial charge in [-0.25, -0.2) is 14.2 Å². The van der Waals surface area contributed by atoms with Crippen molar-refractivity contribution in [1.29, 1.82) is 0 Å². The number of carbonyl (C=O) groups is 2. The third-order valence-corrected chi connectivity index (χ3v) is 5.35. The molecule has 2 aromatic carbocycles. The molecule has 33 heavy (non-hydrogen) atoms. The van der Waals surface area contributed by atoms with E-state index in [1.165, 1.54) is 55.6 Å². The average Bonchev–Trinajstić information content (AvgIpc) is 3.45. The normalized spacial score (nSPS) is 11.1. The molecule has 0 atom stereocenters. The fraction of sp³-hybridized carbons (Fsp3) is 0.0476. The predicted molar refractivity (Wildman–Crippen MR) is 117 cm³/mol. The number of methoxy groups -OCH3 is 1. The van der Waals surface area contributed by atoms with E-state index < -0.39 is 28.5 Å². The Balaban J connectivity index is 1.72. The first-order valence-corrected chi connectivity index (χ1v) is 10.0. The minimum absolute atomic E-state index is 0.0349. The molecular formula is C21H13FN4O6S. The van der Waals surface area contributed by atoms with Crippen molar-refractivity contribution in [3.63, 3.8) is 0 Å². The van der Waals surface area contributed by atoms with Crippen LogP contribution in [0.5, 0.6) is 0 Å². The van der Waals surface area contributed by atoms with Gasteiger partial charge in [0.25, 0.3) is 5.91 Å². The number of nitro groups is 1. The van der Waals surface area contributed by atoms with Gasteiger partial charge in [-0.2, -0.15) is 10.1 Å². The molecular weight excluding hydrogens is 455 g/mol. The van der Waals surface area contributed by atoms with E-state index >= 15 is 0 Å². The number of ether oxygens (including phenoxy) is 1. The fourth-order valence-electron chi connectivity index (χ4n) is 2.78. The number of hydrogen-bond acceptors (Lipinski definition) is 9. The largest absolute Gasteiger partial charge is 0.465 e. The molecule has 4 rings (SSSR count). The zero-order valence-electron chi connectivity index (χ0n) is 16.8. The monoisotopic (exact) mass is 468 g/mol. The second kappa shape index (κ2) is 8.96. The lowest BCUT2D eigenvalue weighted by atomic mass is 10.1. The van der Waals surface area contributed by atoms with Gasteiger partial charge in [-0.15, -0.1) is 0 Å². The molecule has 0 aliphatic rings. The number of carbonyl (C=O) groups excluding carboxylic acids is 2. The molecule has 0 aliphatic carbocycles. The number of rotatable bonds is 6. The van der Waals surface area contributed by atoms with Gasteiger partial charge in [0, 0.05) is 5.56 Å². The lowest BCUT2D eigenvalue weighted by Crippen LogP contribution is -2.25. The summed E-state index contributed by atoms with van der Waals surface area (Å²) in [5, 5.41) is 16.0. The Labute approximate surface area is 188 Å². The molecule has 2 heterocycles. The molecule has 0 saturated heterocycles. The van der Waals surface area contributed by atoms with E-state index in [0.29, 0.717) is 10.2 Å². The molecule has 10 nitrogen and oxygen atoms in total. The highest BCUT2D eigenvalue weighted by atomic mass is 32.1. The van der Waals surface area contributed by atoms with E-state index in [4.69, 9.17) is 4.42 Å². The number of hydrogen-bond donors (Lipinski definition) is 0. The highest BCUT2D eigenvalue weighted by Gasteiger charge is 2.22. The number of hydrazone groups is 1. The van der Waals surface area contributed by atoms with Crippen LogP contribution in [0.4, 0.5) is 15.4 Å². The van der Waals surface area contributed by atoms with E-state index in [1.807, 2.05) is 0 Å². The number of nitrogens with zero attached hydrogens (tertiary/aromatic N) is 4. The number of furan rings is 1. The maximum atomic E-state index is 13.6. The average molecular weight is 468 g/mol. The van der Waals surface area contributed by atoms with Crippen molar-refractivity contribution in [3.05, 3.63) is 87.4 Å². The summed E-state index contributed by atoms with van der Waals surface area (Å²) >= 11 is 1.03.